The molecule has 1 atom stereocenters. The number of fused-ring (bicyclic) bond motifs is 2. The van der Waals surface area contributed by atoms with Crippen molar-refractivity contribution in [1.82, 2.24) is 9.97 Å². The Morgan fingerprint density at radius 3 is 2.88 bits per heavy atom. The summed E-state index contributed by atoms with van der Waals surface area (Å²) in [6, 6.07) is 9.92. The van der Waals surface area contributed by atoms with E-state index in [0.29, 0.717) is 17.9 Å². The molecule has 0 saturated heterocycles. The summed E-state index contributed by atoms with van der Waals surface area (Å²) in [6.45, 7) is 1.19. The summed E-state index contributed by atoms with van der Waals surface area (Å²) in [5, 5.41) is 17.9. The lowest BCUT2D eigenvalue weighted by Crippen LogP contribution is -2.25. The predicted octanol–water partition coefficient (Wildman–Crippen LogP) is 3.69. The van der Waals surface area contributed by atoms with Gasteiger partial charge in [0.2, 0.25) is 6.79 Å². The molecule has 0 fully saturated rings. The highest BCUT2D eigenvalue weighted by atomic mass is 35.5. The lowest BCUT2D eigenvalue weighted by molar-refractivity contribution is -0.306. The van der Waals surface area contributed by atoms with E-state index in [0.717, 1.165) is 60.0 Å². The molecule has 0 aliphatic carbocycles. The average Bonchev–Trinajstić information content (AvgIpc) is 3.47. The monoisotopic (exact) mass is 500 g/mol. The first-order valence-electron chi connectivity index (χ1n) is 11.4. The third kappa shape index (κ3) is 5.80. The van der Waals surface area contributed by atoms with E-state index in [1.165, 1.54) is 12.0 Å². The summed E-state index contributed by atoms with van der Waals surface area (Å²) in [5.41, 5.74) is 4.22. The average molecular weight is 501 g/mol. The summed E-state index contributed by atoms with van der Waals surface area (Å²) in [5.74, 6) is 1.08. The molecule has 0 bridgehead atoms. The van der Waals surface area contributed by atoms with E-state index >= 15 is 0 Å². The fraction of sp³-hybridized carbons (Fsp3) is 0.400. The summed E-state index contributed by atoms with van der Waals surface area (Å²) in [4.78, 5) is 20.9. The SMILES string of the molecule is Cl.O=C([O-])CC(Cc1csc(CCCc2ccc3c(n2)NCCC3)n1)c1ccc2c(c1)OCO2. The topological polar surface area (TPSA) is 96.4 Å². The third-order valence-corrected chi connectivity index (χ3v) is 7.07. The predicted molar refractivity (Wildman–Crippen MR) is 131 cm³/mol. The number of carboxylic acids is 1. The van der Waals surface area contributed by atoms with Crippen LogP contribution in [0, 0.1) is 0 Å². The fourth-order valence-electron chi connectivity index (χ4n) is 4.41. The van der Waals surface area contributed by atoms with E-state index in [4.69, 9.17) is 19.4 Å². The van der Waals surface area contributed by atoms with Gasteiger partial charge >= 0.3 is 0 Å². The Morgan fingerprint density at radius 1 is 1.12 bits per heavy atom. The van der Waals surface area contributed by atoms with Crippen LogP contribution in [0.25, 0.3) is 0 Å². The van der Waals surface area contributed by atoms with Gasteiger partial charge in [-0.1, -0.05) is 12.1 Å². The van der Waals surface area contributed by atoms with Gasteiger partial charge in [-0.3, -0.25) is 0 Å². The minimum absolute atomic E-state index is 0. The molecule has 0 spiro atoms. The van der Waals surface area contributed by atoms with Crippen molar-refractivity contribution in [2.75, 3.05) is 18.7 Å². The molecule has 1 aromatic carbocycles. The van der Waals surface area contributed by atoms with E-state index in [9.17, 15) is 9.90 Å². The first kappa shape index (κ1) is 24.3. The molecule has 180 valence electrons. The van der Waals surface area contributed by atoms with Gasteiger partial charge in [0, 0.05) is 23.6 Å². The standard InChI is InChI=1S/C25H27N3O4S.ClH/c29-24(30)13-18(17-7-9-21-22(12-17)32-15-31-21)11-20-14-33-23(27-20)5-1-4-19-8-6-16-3-2-10-26-25(16)28-19;/h6-9,12,14,18H,1-5,10-11,13,15H2,(H,26,28)(H,29,30);1H/p-1. The van der Waals surface area contributed by atoms with Crippen LogP contribution < -0.4 is 19.9 Å². The number of nitrogens with zero attached hydrogens (tertiary/aromatic N) is 2. The van der Waals surface area contributed by atoms with Gasteiger partial charge in [-0.05, 0) is 80.2 Å². The molecule has 0 radical (unpaired) electrons. The van der Waals surface area contributed by atoms with E-state index in [-0.39, 0.29) is 31.5 Å². The van der Waals surface area contributed by atoms with Gasteiger partial charge in [0.1, 0.15) is 5.82 Å². The molecule has 1 unspecified atom stereocenters. The van der Waals surface area contributed by atoms with Crippen LogP contribution in [-0.2, 0) is 30.5 Å². The second-order valence-corrected chi connectivity index (χ2v) is 9.46. The van der Waals surface area contributed by atoms with Crippen LogP contribution in [0.3, 0.4) is 0 Å². The van der Waals surface area contributed by atoms with Crippen LogP contribution in [0.4, 0.5) is 5.82 Å². The van der Waals surface area contributed by atoms with Crippen LogP contribution >= 0.6 is 23.7 Å². The Balaban J connectivity index is 0.00000274. The van der Waals surface area contributed by atoms with Crippen molar-refractivity contribution < 1.29 is 19.4 Å². The normalized spacial score (nSPS) is 14.6. The van der Waals surface area contributed by atoms with E-state index < -0.39 is 5.97 Å². The molecule has 7 nitrogen and oxygen atoms in total. The number of carboxylic acid groups (broad SMARTS) is 1. The zero-order chi connectivity index (χ0) is 22.6. The number of benzene rings is 1. The molecule has 3 aromatic rings. The highest BCUT2D eigenvalue weighted by Crippen LogP contribution is 2.36. The second kappa shape index (κ2) is 11.1. The van der Waals surface area contributed by atoms with Gasteiger partial charge in [-0.2, -0.15) is 0 Å². The Bertz CT molecular complexity index is 1150. The molecule has 5 rings (SSSR count). The first-order valence-corrected chi connectivity index (χ1v) is 12.3. The van der Waals surface area contributed by atoms with Gasteiger partial charge in [-0.15, -0.1) is 23.7 Å². The number of aromatic nitrogens is 2. The van der Waals surface area contributed by atoms with Crippen LogP contribution in [0.1, 0.15) is 52.7 Å². The summed E-state index contributed by atoms with van der Waals surface area (Å²) in [7, 11) is 0. The maximum absolute atomic E-state index is 11.4. The fourth-order valence-corrected chi connectivity index (χ4v) is 5.27. The van der Waals surface area contributed by atoms with Gasteiger partial charge in [-0.25, -0.2) is 9.97 Å². The molecule has 0 amide bonds. The second-order valence-electron chi connectivity index (χ2n) is 8.52. The summed E-state index contributed by atoms with van der Waals surface area (Å²) in [6.07, 6.45) is 5.51. The molecule has 4 heterocycles. The minimum Gasteiger partial charge on any atom is -0.550 e. The number of anilines is 1. The number of hydrogen-bond acceptors (Lipinski definition) is 8. The Labute approximate surface area is 209 Å². The Kier molecular flexibility index (Phi) is 7.90. The number of carbonyl (C=O) groups excluding carboxylic acids is 1. The molecule has 2 aliphatic rings. The number of halogens is 1. The molecular weight excluding hydrogens is 474 g/mol. The zero-order valence-electron chi connectivity index (χ0n) is 18.7. The van der Waals surface area contributed by atoms with E-state index in [2.05, 4.69) is 17.4 Å². The molecular formula is C25H27ClN3O4S-. The largest absolute Gasteiger partial charge is 0.550 e. The number of aliphatic carboxylic acids is 1. The van der Waals surface area contributed by atoms with Crippen LogP contribution in [0.15, 0.2) is 35.7 Å². The Morgan fingerprint density at radius 2 is 2.00 bits per heavy atom. The highest BCUT2D eigenvalue weighted by molar-refractivity contribution is 7.09. The minimum atomic E-state index is -1.07. The van der Waals surface area contributed by atoms with Crippen molar-refractivity contribution in [3.63, 3.8) is 0 Å². The number of hydrogen-bond donors (Lipinski definition) is 1. The number of nitrogens with one attached hydrogen (secondary N) is 1. The van der Waals surface area contributed by atoms with Crippen molar-refractivity contribution in [3.8, 4) is 11.5 Å². The van der Waals surface area contributed by atoms with Crippen LogP contribution in [0.2, 0.25) is 0 Å². The smallest absolute Gasteiger partial charge is 0.231 e. The number of aryl methyl sites for hydroxylation is 3. The zero-order valence-corrected chi connectivity index (χ0v) is 20.4. The number of carbonyl (C=O) groups is 1. The molecule has 2 aliphatic heterocycles. The molecule has 0 saturated carbocycles. The van der Waals surface area contributed by atoms with Crippen molar-refractivity contribution in [1.29, 1.82) is 0 Å². The third-order valence-electron chi connectivity index (χ3n) is 6.11. The van der Waals surface area contributed by atoms with Gasteiger partial charge < -0.3 is 24.7 Å². The van der Waals surface area contributed by atoms with Gasteiger partial charge in [0.05, 0.1) is 10.7 Å². The maximum atomic E-state index is 11.4. The summed E-state index contributed by atoms with van der Waals surface area (Å²) < 4.78 is 10.8. The Hall–Kier alpha value is -2.84. The highest BCUT2D eigenvalue weighted by Gasteiger charge is 2.20. The van der Waals surface area contributed by atoms with E-state index in [1.807, 2.05) is 23.6 Å². The maximum Gasteiger partial charge on any atom is 0.231 e. The number of thiazole rings is 1. The number of pyridine rings is 1. The van der Waals surface area contributed by atoms with Gasteiger partial charge in [0.25, 0.3) is 0 Å². The van der Waals surface area contributed by atoms with E-state index in [1.54, 1.807) is 11.3 Å². The van der Waals surface area contributed by atoms with Crippen molar-refractivity contribution in [2.45, 2.75) is 50.9 Å². The van der Waals surface area contributed by atoms with Crippen molar-refractivity contribution >= 4 is 35.5 Å². The lowest BCUT2D eigenvalue weighted by Gasteiger charge is -2.17. The van der Waals surface area contributed by atoms with Crippen LogP contribution in [-0.4, -0.2) is 29.3 Å². The quantitative estimate of drug-likeness (QED) is 0.478. The molecule has 1 N–H and O–H groups in total. The summed E-state index contributed by atoms with van der Waals surface area (Å²) >= 11 is 1.63. The molecule has 34 heavy (non-hydrogen) atoms. The molecule has 2 aromatic heterocycles. The van der Waals surface area contributed by atoms with Crippen LogP contribution in [0.5, 0.6) is 11.5 Å². The lowest BCUT2D eigenvalue weighted by atomic mass is 9.91. The number of ether oxygens (including phenoxy) is 2. The van der Waals surface area contributed by atoms with Crippen molar-refractivity contribution in [3.05, 3.63) is 63.2 Å². The van der Waals surface area contributed by atoms with Crippen molar-refractivity contribution in [2.24, 2.45) is 0 Å². The van der Waals surface area contributed by atoms with Gasteiger partial charge in [0.15, 0.2) is 11.5 Å². The molecule has 9 heteroatoms. The first-order chi connectivity index (χ1) is 16.1. The number of rotatable bonds is 9.